The molecule has 0 saturated carbocycles. The second-order valence-electron chi connectivity index (χ2n) is 4.72. The van der Waals surface area contributed by atoms with Crippen molar-refractivity contribution in [3.8, 4) is 11.5 Å². The first-order chi connectivity index (χ1) is 10.1. The van der Waals surface area contributed by atoms with Crippen LogP contribution in [0.4, 0.5) is 0 Å². The summed E-state index contributed by atoms with van der Waals surface area (Å²) in [5.41, 5.74) is 0.904. The molecule has 1 N–H and O–H groups in total. The quantitative estimate of drug-likeness (QED) is 0.747. The molecule has 1 aromatic carbocycles. The number of hydrogen-bond donors (Lipinski definition) is 1. The summed E-state index contributed by atoms with van der Waals surface area (Å²) in [6.45, 7) is 9.04. The van der Waals surface area contributed by atoms with Gasteiger partial charge in [0, 0.05) is 12.1 Å². The third-order valence-corrected chi connectivity index (χ3v) is 3.00. The summed E-state index contributed by atoms with van der Waals surface area (Å²) in [5, 5.41) is 2.89. The molecule has 1 amide bonds. The predicted molar refractivity (Wildman–Crippen MR) is 85.7 cm³/mol. The van der Waals surface area contributed by atoms with Crippen molar-refractivity contribution >= 4 is 12.0 Å². The molecule has 0 unspecified atom stereocenters. The summed E-state index contributed by atoms with van der Waals surface area (Å²) < 4.78 is 11.1. The molecule has 0 spiro atoms. The summed E-state index contributed by atoms with van der Waals surface area (Å²) >= 11 is 0. The summed E-state index contributed by atoms with van der Waals surface area (Å²) in [5.74, 6) is 1.33. The summed E-state index contributed by atoms with van der Waals surface area (Å²) in [4.78, 5) is 11.7. The highest BCUT2D eigenvalue weighted by atomic mass is 16.5. The third-order valence-electron chi connectivity index (χ3n) is 3.00. The predicted octanol–water partition coefficient (Wildman–Crippen LogP) is 3.41. The van der Waals surface area contributed by atoms with E-state index in [1.165, 1.54) is 6.08 Å². The molecule has 4 nitrogen and oxygen atoms in total. The maximum atomic E-state index is 11.7. The largest absolute Gasteiger partial charge is 0.490 e. The highest BCUT2D eigenvalue weighted by molar-refractivity contribution is 5.91. The second-order valence-corrected chi connectivity index (χ2v) is 4.72. The molecule has 0 heterocycles. The van der Waals surface area contributed by atoms with Crippen LogP contribution in [0.25, 0.3) is 6.08 Å². The Kier molecular flexibility index (Phi) is 7.37. The first kappa shape index (κ1) is 17.1. The van der Waals surface area contributed by atoms with Gasteiger partial charge in [0.05, 0.1) is 13.2 Å². The molecule has 4 heteroatoms. The van der Waals surface area contributed by atoms with Crippen LogP contribution in [-0.4, -0.2) is 25.2 Å². The average molecular weight is 291 g/mol. The number of amides is 1. The van der Waals surface area contributed by atoms with Gasteiger partial charge in [0.1, 0.15) is 0 Å². The third kappa shape index (κ3) is 5.90. The van der Waals surface area contributed by atoms with Crippen LogP contribution in [0.1, 0.15) is 39.7 Å². The Hall–Kier alpha value is -1.97. The van der Waals surface area contributed by atoms with Crippen LogP contribution in [0, 0.1) is 0 Å². The summed E-state index contributed by atoms with van der Waals surface area (Å²) in [6, 6.07) is 5.82. The zero-order chi connectivity index (χ0) is 15.7. The molecule has 116 valence electrons. The van der Waals surface area contributed by atoms with E-state index in [2.05, 4.69) is 5.32 Å². The fraction of sp³-hybridized carbons (Fsp3) is 0.471. The minimum Gasteiger partial charge on any atom is -0.490 e. The monoisotopic (exact) mass is 291 g/mol. The smallest absolute Gasteiger partial charge is 0.244 e. The number of carbonyl (C=O) groups excluding carboxylic acids is 1. The van der Waals surface area contributed by atoms with Crippen LogP contribution < -0.4 is 14.8 Å². The Morgan fingerprint density at radius 1 is 1.19 bits per heavy atom. The number of rotatable bonds is 8. The number of nitrogens with one attached hydrogen (secondary N) is 1. The van der Waals surface area contributed by atoms with Crippen molar-refractivity contribution in [2.45, 2.75) is 40.2 Å². The van der Waals surface area contributed by atoms with Gasteiger partial charge in [0.15, 0.2) is 11.5 Å². The van der Waals surface area contributed by atoms with Crippen LogP contribution in [-0.2, 0) is 4.79 Å². The Morgan fingerprint density at radius 2 is 1.86 bits per heavy atom. The topological polar surface area (TPSA) is 47.6 Å². The molecule has 0 aliphatic carbocycles. The molecular formula is C17H25NO3. The molecule has 0 aliphatic heterocycles. The number of ether oxygens (including phenoxy) is 2. The lowest BCUT2D eigenvalue weighted by atomic mass is 10.2. The maximum absolute atomic E-state index is 11.7. The van der Waals surface area contributed by atoms with Gasteiger partial charge in [-0.1, -0.05) is 13.0 Å². The van der Waals surface area contributed by atoms with E-state index in [1.807, 2.05) is 45.9 Å². The van der Waals surface area contributed by atoms with Crippen LogP contribution >= 0.6 is 0 Å². The summed E-state index contributed by atoms with van der Waals surface area (Å²) in [6.07, 6.45) is 4.23. The molecule has 1 rings (SSSR count). The van der Waals surface area contributed by atoms with Gasteiger partial charge in [-0.3, -0.25) is 4.79 Å². The number of benzene rings is 1. The Morgan fingerprint density at radius 3 is 2.48 bits per heavy atom. The van der Waals surface area contributed by atoms with Crippen molar-refractivity contribution in [2.24, 2.45) is 0 Å². The Bertz CT molecular complexity index is 483. The highest BCUT2D eigenvalue weighted by Crippen LogP contribution is 2.28. The molecule has 1 atom stereocenters. The number of carbonyl (C=O) groups is 1. The van der Waals surface area contributed by atoms with Crippen LogP contribution in [0.2, 0.25) is 0 Å². The molecule has 0 aliphatic rings. The molecular weight excluding hydrogens is 266 g/mol. The van der Waals surface area contributed by atoms with Crippen molar-refractivity contribution in [1.82, 2.24) is 5.32 Å². The van der Waals surface area contributed by atoms with E-state index in [0.717, 1.165) is 17.7 Å². The minimum atomic E-state index is -0.0869. The lowest BCUT2D eigenvalue weighted by Crippen LogP contribution is -2.30. The zero-order valence-electron chi connectivity index (χ0n) is 13.3. The lowest BCUT2D eigenvalue weighted by Gasteiger charge is -2.11. The van der Waals surface area contributed by atoms with Crippen LogP contribution in [0.5, 0.6) is 11.5 Å². The highest BCUT2D eigenvalue weighted by Gasteiger charge is 2.05. The molecule has 0 radical (unpaired) electrons. The average Bonchev–Trinajstić information content (AvgIpc) is 2.47. The first-order valence-electron chi connectivity index (χ1n) is 7.48. The molecule has 1 aromatic rings. The van der Waals surface area contributed by atoms with Gasteiger partial charge >= 0.3 is 0 Å². The van der Waals surface area contributed by atoms with Crippen molar-refractivity contribution in [3.05, 3.63) is 29.8 Å². The maximum Gasteiger partial charge on any atom is 0.244 e. The standard InChI is InChI=1S/C17H25NO3/c1-5-13(4)18-17(19)11-9-14-8-10-15(20-6-2)16(12-14)21-7-3/h8-13H,5-7H2,1-4H3,(H,18,19)/b11-9+/t13-/m0/s1. The van der Waals surface area contributed by atoms with Gasteiger partial charge in [-0.25, -0.2) is 0 Å². The SMILES string of the molecule is CCOc1ccc(/C=C/C(=O)N[C@@H](C)CC)cc1OCC. The van der Waals surface area contributed by atoms with Crippen molar-refractivity contribution in [3.63, 3.8) is 0 Å². The van der Waals surface area contributed by atoms with Crippen molar-refractivity contribution in [2.75, 3.05) is 13.2 Å². The van der Waals surface area contributed by atoms with Gasteiger partial charge in [0.25, 0.3) is 0 Å². The zero-order valence-corrected chi connectivity index (χ0v) is 13.3. The molecule has 0 saturated heterocycles. The van der Waals surface area contributed by atoms with E-state index in [1.54, 1.807) is 6.08 Å². The van der Waals surface area contributed by atoms with E-state index in [0.29, 0.717) is 19.0 Å². The van der Waals surface area contributed by atoms with Gasteiger partial charge in [-0.2, -0.15) is 0 Å². The van der Waals surface area contributed by atoms with Gasteiger partial charge in [-0.05, 0) is 51.0 Å². The normalized spacial score (nSPS) is 12.2. The lowest BCUT2D eigenvalue weighted by molar-refractivity contribution is -0.117. The fourth-order valence-electron chi connectivity index (χ4n) is 1.74. The van der Waals surface area contributed by atoms with Crippen molar-refractivity contribution in [1.29, 1.82) is 0 Å². The van der Waals surface area contributed by atoms with E-state index in [4.69, 9.17) is 9.47 Å². The minimum absolute atomic E-state index is 0.0869. The molecule has 0 fully saturated rings. The van der Waals surface area contributed by atoms with E-state index >= 15 is 0 Å². The van der Waals surface area contributed by atoms with E-state index in [-0.39, 0.29) is 11.9 Å². The van der Waals surface area contributed by atoms with Crippen LogP contribution in [0.3, 0.4) is 0 Å². The molecule has 21 heavy (non-hydrogen) atoms. The summed E-state index contributed by atoms with van der Waals surface area (Å²) in [7, 11) is 0. The van der Waals surface area contributed by atoms with Gasteiger partial charge < -0.3 is 14.8 Å². The molecule has 0 bridgehead atoms. The van der Waals surface area contributed by atoms with Gasteiger partial charge in [0.2, 0.25) is 5.91 Å². The Balaban J connectivity index is 2.79. The first-order valence-corrected chi connectivity index (χ1v) is 7.48. The van der Waals surface area contributed by atoms with Crippen molar-refractivity contribution < 1.29 is 14.3 Å². The van der Waals surface area contributed by atoms with Gasteiger partial charge in [-0.15, -0.1) is 0 Å². The molecule has 0 aromatic heterocycles. The fourth-order valence-corrected chi connectivity index (χ4v) is 1.74. The van der Waals surface area contributed by atoms with E-state index < -0.39 is 0 Å². The second kappa shape index (κ2) is 9.06. The van der Waals surface area contributed by atoms with E-state index in [9.17, 15) is 4.79 Å². The van der Waals surface area contributed by atoms with Crippen LogP contribution in [0.15, 0.2) is 24.3 Å². The number of hydrogen-bond acceptors (Lipinski definition) is 3. The Labute approximate surface area is 127 Å².